The van der Waals surface area contributed by atoms with Crippen LogP contribution >= 0.6 is 0 Å². The molecule has 0 aromatic carbocycles. The summed E-state index contributed by atoms with van der Waals surface area (Å²) >= 11 is 0. The van der Waals surface area contributed by atoms with E-state index in [2.05, 4.69) is 4.98 Å². The highest BCUT2D eigenvalue weighted by molar-refractivity contribution is 5.40. The van der Waals surface area contributed by atoms with Gasteiger partial charge in [0.1, 0.15) is 5.82 Å². The van der Waals surface area contributed by atoms with Gasteiger partial charge < -0.3 is 10.5 Å². The second-order valence-electron chi connectivity index (χ2n) is 2.69. The van der Waals surface area contributed by atoms with Crippen molar-refractivity contribution >= 4 is 5.82 Å². The number of hydrogen-bond donors (Lipinski definition) is 1. The molecule has 0 unspecified atom stereocenters. The molecule has 1 heterocycles. The first-order chi connectivity index (χ1) is 5.74. The third kappa shape index (κ3) is 2.20. The zero-order valence-electron chi connectivity index (χ0n) is 7.50. The summed E-state index contributed by atoms with van der Waals surface area (Å²) in [6, 6.07) is 2.00. The van der Waals surface area contributed by atoms with E-state index in [-0.39, 0.29) is 0 Å². The van der Waals surface area contributed by atoms with E-state index in [0.717, 1.165) is 11.1 Å². The molecule has 0 atom stereocenters. The lowest BCUT2D eigenvalue weighted by Gasteiger charge is -2.05. The molecule has 1 aromatic rings. The second kappa shape index (κ2) is 4.07. The summed E-state index contributed by atoms with van der Waals surface area (Å²) < 4.78 is 5.24. The molecule has 0 saturated heterocycles. The molecule has 0 aliphatic heterocycles. The van der Waals surface area contributed by atoms with Crippen LogP contribution in [0.2, 0.25) is 0 Å². The molecule has 1 aromatic heterocycles. The van der Waals surface area contributed by atoms with Crippen LogP contribution in [-0.2, 0) is 11.3 Å². The molecule has 0 fully saturated rings. The third-order valence-corrected chi connectivity index (χ3v) is 1.60. The molecule has 0 aliphatic carbocycles. The largest absolute Gasteiger partial charge is 0.383 e. The number of nitrogens with two attached hydrogens (primary N) is 1. The normalized spacial score (nSPS) is 10.2. The summed E-state index contributed by atoms with van der Waals surface area (Å²) in [4.78, 5) is 4.03. The van der Waals surface area contributed by atoms with Crippen LogP contribution in [-0.4, -0.2) is 11.6 Å². The van der Waals surface area contributed by atoms with E-state index in [9.17, 15) is 0 Å². The van der Waals surface area contributed by atoms with Gasteiger partial charge in [-0.2, -0.15) is 0 Å². The number of aromatic nitrogens is 1. The minimum atomic E-state index is 0.553. The van der Waals surface area contributed by atoms with Gasteiger partial charge in [0.2, 0.25) is 0 Å². The number of ether oxygens (including phenoxy) is 1. The van der Waals surface area contributed by atoms with Crippen molar-refractivity contribution in [2.24, 2.45) is 0 Å². The number of aryl methyl sites for hydroxylation is 1. The predicted molar refractivity (Wildman–Crippen MR) is 48.7 cm³/mol. The van der Waals surface area contributed by atoms with Crippen LogP contribution in [0.1, 0.15) is 18.1 Å². The van der Waals surface area contributed by atoms with Gasteiger partial charge in [0, 0.05) is 18.4 Å². The van der Waals surface area contributed by atoms with Gasteiger partial charge in [0.25, 0.3) is 0 Å². The first-order valence-electron chi connectivity index (χ1n) is 4.02. The predicted octanol–water partition coefficient (Wildman–Crippen LogP) is 1.51. The molecule has 66 valence electrons. The van der Waals surface area contributed by atoms with Gasteiger partial charge in [-0.25, -0.2) is 4.98 Å². The van der Waals surface area contributed by atoms with Crippen LogP contribution in [0.5, 0.6) is 0 Å². The summed E-state index contributed by atoms with van der Waals surface area (Å²) in [5, 5.41) is 0. The van der Waals surface area contributed by atoms with Gasteiger partial charge in [-0.15, -0.1) is 0 Å². The fourth-order valence-electron chi connectivity index (χ4n) is 0.968. The SMILES string of the molecule is CCOCc1cc(C)cnc1N. The Bertz CT molecular complexity index is 261. The highest BCUT2D eigenvalue weighted by Crippen LogP contribution is 2.10. The summed E-state index contributed by atoms with van der Waals surface area (Å²) in [6.07, 6.45) is 1.75. The average molecular weight is 166 g/mol. The zero-order valence-corrected chi connectivity index (χ0v) is 7.50. The monoisotopic (exact) mass is 166 g/mol. The second-order valence-corrected chi connectivity index (χ2v) is 2.69. The van der Waals surface area contributed by atoms with Crippen molar-refractivity contribution in [1.29, 1.82) is 0 Å². The smallest absolute Gasteiger partial charge is 0.128 e. The Morgan fingerprint density at radius 1 is 1.58 bits per heavy atom. The van der Waals surface area contributed by atoms with Gasteiger partial charge in [0.15, 0.2) is 0 Å². The van der Waals surface area contributed by atoms with Crippen molar-refractivity contribution in [3.8, 4) is 0 Å². The molecule has 0 bridgehead atoms. The molecule has 1 rings (SSSR count). The number of rotatable bonds is 3. The van der Waals surface area contributed by atoms with Crippen LogP contribution in [0.4, 0.5) is 5.82 Å². The number of anilines is 1. The van der Waals surface area contributed by atoms with E-state index >= 15 is 0 Å². The fraction of sp³-hybridized carbons (Fsp3) is 0.444. The van der Waals surface area contributed by atoms with Crippen LogP contribution < -0.4 is 5.73 Å². The number of hydrogen-bond acceptors (Lipinski definition) is 3. The Morgan fingerprint density at radius 3 is 3.00 bits per heavy atom. The molecule has 0 radical (unpaired) electrons. The minimum absolute atomic E-state index is 0.553. The standard InChI is InChI=1S/C9H14N2O/c1-3-12-6-8-4-7(2)5-11-9(8)10/h4-5H,3,6H2,1-2H3,(H2,10,11). The molecule has 2 N–H and O–H groups in total. The van der Waals surface area contributed by atoms with Gasteiger partial charge in [0.05, 0.1) is 6.61 Å². The highest BCUT2D eigenvalue weighted by Gasteiger charge is 1.99. The molecular weight excluding hydrogens is 152 g/mol. The van der Waals surface area contributed by atoms with Gasteiger partial charge in [-0.3, -0.25) is 0 Å². The van der Waals surface area contributed by atoms with Crippen molar-refractivity contribution in [3.63, 3.8) is 0 Å². The van der Waals surface area contributed by atoms with Crippen LogP contribution in [0.3, 0.4) is 0 Å². The number of nitrogen functional groups attached to an aromatic ring is 1. The maximum absolute atomic E-state index is 5.64. The Labute approximate surface area is 72.6 Å². The third-order valence-electron chi connectivity index (χ3n) is 1.60. The van der Waals surface area contributed by atoms with E-state index in [1.54, 1.807) is 6.20 Å². The van der Waals surface area contributed by atoms with Crippen LogP contribution in [0.25, 0.3) is 0 Å². The van der Waals surface area contributed by atoms with Crippen LogP contribution in [0, 0.1) is 6.92 Å². The van der Waals surface area contributed by atoms with Crippen molar-refractivity contribution in [2.75, 3.05) is 12.3 Å². The van der Waals surface area contributed by atoms with Crippen molar-refractivity contribution in [3.05, 3.63) is 23.4 Å². The average Bonchev–Trinajstić information content (AvgIpc) is 2.07. The Hall–Kier alpha value is -1.09. The molecule has 3 nitrogen and oxygen atoms in total. The van der Waals surface area contributed by atoms with Gasteiger partial charge in [-0.05, 0) is 25.5 Å². The van der Waals surface area contributed by atoms with E-state index in [4.69, 9.17) is 10.5 Å². The molecule has 0 saturated carbocycles. The first-order valence-corrected chi connectivity index (χ1v) is 4.02. The van der Waals surface area contributed by atoms with Crippen molar-refractivity contribution < 1.29 is 4.74 Å². The van der Waals surface area contributed by atoms with E-state index < -0.39 is 0 Å². The zero-order chi connectivity index (χ0) is 8.97. The molecule has 0 amide bonds. The lowest BCUT2D eigenvalue weighted by Crippen LogP contribution is -2.00. The maximum Gasteiger partial charge on any atom is 0.128 e. The van der Waals surface area contributed by atoms with E-state index in [1.807, 2.05) is 19.9 Å². The fourth-order valence-corrected chi connectivity index (χ4v) is 0.968. The summed E-state index contributed by atoms with van der Waals surface area (Å²) in [5.41, 5.74) is 7.72. The van der Waals surface area contributed by atoms with E-state index in [0.29, 0.717) is 19.0 Å². The molecule has 0 aliphatic rings. The van der Waals surface area contributed by atoms with Gasteiger partial charge >= 0.3 is 0 Å². The first kappa shape index (κ1) is 9.00. The quantitative estimate of drug-likeness (QED) is 0.740. The molecule has 12 heavy (non-hydrogen) atoms. The van der Waals surface area contributed by atoms with E-state index in [1.165, 1.54) is 0 Å². The molecular formula is C9H14N2O. The van der Waals surface area contributed by atoms with Crippen molar-refractivity contribution in [2.45, 2.75) is 20.5 Å². The van der Waals surface area contributed by atoms with Crippen molar-refractivity contribution in [1.82, 2.24) is 4.98 Å². The van der Waals surface area contributed by atoms with Gasteiger partial charge in [-0.1, -0.05) is 0 Å². The highest BCUT2D eigenvalue weighted by atomic mass is 16.5. The molecule has 3 heteroatoms. The number of pyridine rings is 1. The summed E-state index contributed by atoms with van der Waals surface area (Å²) in [6.45, 7) is 5.20. The lowest BCUT2D eigenvalue weighted by atomic mass is 10.2. The Balaban J connectivity index is 2.75. The minimum Gasteiger partial charge on any atom is -0.383 e. The topological polar surface area (TPSA) is 48.1 Å². The lowest BCUT2D eigenvalue weighted by molar-refractivity contribution is 0.134. The maximum atomic E-state index is 5.64. The molecule has 0 spiro atoms. The summed E-state index contributed by atoms with van der Waals surface area (Å²) in [5.74, 6) is 0.564. The Morgan fingerprint density at radius 2 is 2.33 bits per heavy atom. The Kier molecular flexibility index (Phi) is 3.05. The van der Waals surface area contributed by atoms with Crippen LogP contribution in [0.15, 0.2) is 12.3 Å². The number of nitrogens with zero attached hydrogens (tertiary/aromatic N) is 1. The summed E-state index contributed by atoms with van der Waals surface area (Å²) in [7, 11) is 0.